The second kappa shape index (κ2) is 7.28. The van der Waals surface area contributed by atoms with Gasteiger partial charge in [0.15, 0.2) is 0 Å². The number of nitrogens with one attached hydrogen (secondary N) is 1. The van der Waals surface area contributed by atoms with Crippen LogP contribution in [0.15, 0.2) is 15.1 Å². The second-order valence-corrected chi connectivity index (χ2v) is 6.42. The maximum absolute atomic E-state index is 12.3. The molecule has 0 saturated carbocycles. The number of aromatic nitrogens is 1. The first kappa shape index (κ1) is 17.0. The van der Waals surface area contributed by atoms with Gasteiger partial charge in [-0.15, -0.1) is 0 Å². The van der Waals surface area contributed by atoms with Crippen molar-refractivity contribution in [3.63, 3.8) is 0 Å². The Balaban J connectivity index is 1.90. The minimum Gasteiger partial charge on any atom is -0.469 e. The van der Waals surface area contributed by atoms with Crippen molar-refractivity contribution in [3.05, 3.63) is 20.8 Å². The SMILES string of the molecule is COC(=O)CC(=O)N1CCN(C(=O)c2cc(Br)c(Br)[nH]2)CC1. The van der Waals surface area contributed by atoms with E-state index in [-0.39, 0.29) is 18.2 Å². The van der Waals surface area contributed by atoms with E-state index in [1.807, 2.05) is 0 Å². The molecule has 1 fully saturated rings. The van der Waals surface area contributed by atoms with Gasteiger partial charge in [-0.05, 0) is 37.9 Å². The number of carbonyl (C=O) groups is 3. The molecule has 0 aliphatic carbocycles. The van der Waals surface area contributed by atoms with Gasteiger partial charge < -0.3 is 19.5 Å². The van der Waals surface area contributed by atoms with Gasteiger partial charge in [0.2, 0.25) is 5.91 Å². The van der Waals surface area contributed by atoms with Gasteiger partial charge >= 0.3 is 5.97 Å². The number of hydrogen-bond acceptors (Lipinski definition) is 4. The van der Waals surface area contributed by atoms with Crippen LogP contribution < -0.4 is 0 Å². The maximum Gasteiger partial charge on any atom is 0.315 e. The molecule has 1 saturated heterocycles. The lowest BCUT2D eigenvalue weighted by Crippen LogP contribution is -2.51. The highest BCUT2D eigenvalue weighted by molar-refractivity contribution is 9.13. The standard InChI is InChI=1S/C13H15Br2N3O4/c1-22-11(20)7-10(19)17-2-4-18(5-3-17)13(21)9-6-8(14)12(15)16-9/h6,16H,2-5,7H2,1H3. The van der Waals surface area contributed by atoms with Gasteiger partial charge in [-0.25, -0.2) is 0 Å². The molecule has 2 amide bonds. The van der Waals surface area contributed by atoms with Crippen LogP contribution in [-0.2, 0) is 14.3 Å². The van der Waals surface area contributed by atoms with E-state index in [0.717, 1.165) is 4.47 Å². The van der Waals surface area contributed by atoms with Crippen molar-refractivity contribution in [1.29, 1.82) is 0 Å². The third-order valence-corrected chi connectivity index (χ3v) is 5.18. The molecule has 1 aromatic heterocycles. The van der Waals surface area contributed by atoms with Gasteiger partial charge in [-0.1, -0.05) is 0 Å². The highest BCUT2D eigenvalue weighted by atomic mass is 79.9. The van der Waals surface area contributed by atoms with Crippen molar-refractivity contribution in [2.75, 3.05) is 33.3 Å². The van der Waals surface area contributed by atoms with Crippen molar-refractivity contribution in [2.24, 2.45) is 0 Å². The van der Waals surface area contributed by atoms with Crippen molar-refractivity contribution in [1.82, 2.24) is 14.8 Å². The minimum atomic E-state index is -0.551. The third kappa shape index (κ3) is 3.89. The summed E-state index contributed by atoms with van der Waals surface area (Å²) < 4.78 is 5.97. The quantitative estimate of drug-likeness (QED) is 0.573. The van der Waals surface area contributed by atoms with E-state index in [0.29, 0.717) is 36.5 Å². The van der Waals surface area contributed by atoms with E-state index in [2.05, 4.69) is 41.6 Å². The van der Waals surface area contributed by atoms with Crippen LogP contribution in [0.5, 0.6) is 0 Å². The largest absolute Gasteiger partial charge is 0.469 e. The molecule has 0 unspecified atom stereocenters. The molecule has 1 N–H and O–H groups in total. The third-order valence-electron chi connectivity index (χ3n) is 3.40. The average Bonchev–Trinajstić information content (AvgIpc) is 2.86. The topological polar surface area (TPSA) is 82.7 Å². The summed E-state index contributed by atoms with van der Waals surface area (Å²) in [7, 11) is 1.25. The van der Waals surface area contributed by atoms with Crippen molar-refractivity contribution in [3.8, 4) is 0 Å². The molecule has 0 atom stereocenters. The summed E-state index contributed by atoms with van der Waals surface area (Å²) in [5.41, 5.74) is 0.480. The number of carbonyl (C=O) groups excluding carboxylic acids is 3. The summed E-state index contributed by atoms with van der Waals surface area (Å²) in [5, 5.41) is 0. The van der Waals surface area contributed by atoms with E-state index in [1.165, 1.54) is 7.11 Å². The predicted octanol–water partition coefficient (Wildman–Crippen LogP) is 1.39. The number of hydrogen-bond donors (Lipinski definition) is 1. The number of H-pyrrole nitrogens is 1. The summed E-state index contributed by atoms with van der Waals surface area (Å²) >= 11 is 6.62. The Morgan fingerprint density at radius 2 is 1.77 bits per heavy atom. The Kier molecular flexibility index (Phi) is 5.63. The summed E-state index contributed by atoms with van der Waals surface area (Å²) in [5.74, 6) is -0.944. The first-order valence-electron chi connectivity index (χ1n) is 6.60. The molecule has 0 bridgehead atoms. The van der Waals surface area contributed by atoms with Crippen LogP contribution in [0.25, 0.3) is 0 Å². The first-order chi connectivity index (χ1) is 10.4. The van der Waals surface area contributed by atoms with Gasteiger partial charge in [0.05, 0.1) is 16.2 Å². The molecular formula is C13H15Br2N3O4. The maximum atomic E-state index is 12.3. The van der Waals surface area contributed by atoms with Crippen LogP contribution in [0.3, 0.4) is 0 Å². The fraction of sp³-hybridized carbons (Fsp3) is 0.462. The number of amides is 2. The molecule has 120 valence electrons. The molecule has 7 nitrogen and oxygen atoms in total. The van der Waals surface area contributed by atoms with Crippen LogP contribution in [0.2, 0.25) is 0 Å². The first-order valence-corrected chi connectivity index (χ1v) is 8.19. The van der Waals surface area contributed by atoms with Gasteiger partial charge in [-0.3, -0.25) is 14.4 Å². The van der Waals surface area contributed by atoms with Crippen LogP contribution in [0.1, 0.15) is 16.9 Å². The second-order valence-electron chi connectivity index (χ2n) is 4.77. The Morgan fingerprint density at radius 1 is 1.18 bits per heavy atom. The van der Waals surface area contributed by atoms with Crippen molar-refractivity contribution in [2.45, 2.75) is 6.42 Å². The number of nitrogens with zero attached hydrogens (tertiary/aromatic N) is 2. The molecule has 9 heteroatoms. The highest BCUT2D eigenvalue weighted by Crippen LogP contribution is 2.24. The number of halogens is 2. The molecule has 0 aromatic carbocycles. The molecule has 2 heterocycles. The predicted molar refractivity (Wildman–Crippen MR) is 85.3 cm³/mol. The lowest BCUT2D eigenvalue weighted by Gasteiger charge is -2.34. The Morgan fingerprint density at radius 3 is 2.27 bits per heavy atom. The summed E-state index contributed by atoms with van der Waals surface area (Å²) in [4.78, 5) is 41.5. The molecule has 1 aliphatic heterocycles. The normalized spacial score (nSPS) is 14.9. The summed E-state index contributed by atoms with van der Waals surface area (Å²) in [6, 6.07) is 1.71. The fourth-order valence-electron chi connectivity index (χ4n) is 2.16. The van der Waals surface area contributed by atoms with Crippen LogP contribution >= 0.6 is 31.9 Å². The minimum absolute atomic E-state index is 0.119. The number of rotatable bonds is 3. The number of methoxy groups -OCH3 is 1. The van der Waals surface area contributed by atoms with E-state index in [1.54, 1.807) is 15.9 Å². The summed E-state index contributed by atoms with van der Waals surface area (Å²) in [6.45, 7) is 1.68. The van der Waals surface area contributed by atoms with Gasteiger partial charge in [0, 0.05) is 26.2 Å². The van der Waals surface area contributed by atoms with Gasteiger partial charge in [0.1, 0.15) is 12.1 Å². The molecular weight excluding hydrogens is 422 g/mol. The molecule has 0 radical (unpaired) electrons. The smallest absolute Gasteiger partial charge is 0.315 e. The molecule has 1 aliphatic rings. The Labute approximate surface area is 144 Å². The zero-order valence-corrected chi connectivity index (χ0v) is 15.1. The molecule has 2 rings (SSSR count). The molecule has 22 heavy (non-hydrogen) atoms. The zero-order valence-electron chi connectivity index (χ0n) is 11.9. The van der Waals surface area contributed by atoms with Gasteiger partial charge in [-0.2, -0.15) is 0 Å². The van der Waals surface area contributed by atoms with Crippen molar-refractivity contribution < 1.29 is 19.1 Å². The fourth-order valence-corrected chi connectivity index (χ4v) is 2.81. The van der Waals surface area contributed by atoms with E-state index >= 15 is 0 Å². The monoisotopic (exact) mass is 435 g/mol. The Hall–Kier alpha value is -1.35. The number of piperazine rings is 1. The molecule has 1 aromatic rings. The zero-order chi connectivity index (χ0) is 16.3. The average molecular weight is 437 g/mol. The number of ether oxygens (including phenoxy) is 1. The lowest BCUT2D eigenvalue weighted by atomic mass is 10.2. The van der Waals surface area contributed by atoms with Crippen LogP contribution in [-0.4, -0.2) is 65.9 Å². The lowest BCUT2D eigenvalue weighted by molar-refractivity contribution is -0.147. The number of aromatic amines is 1. The number of esters is 1. The van der Waals surface area contributed by atoms with Crippen molar-refractivity contribution >= 4 is 49.6 Å². The van der Waals surface area contributed by atoms with E-state index in [4.69, 9.17) is 0 Å². The van der Waals surface area contributed by atoms with Gasteiger partial charge in [0.25, 0.3) is 5.91 Å². The van der Waals surface area contributed by atoms with E-state index in [9.17, 15) is 14.4 Å². The summed E-state index contributed by atoms with van der Waals surface area (Å²) in [6.07, 6.45) is -0.263. The highest BCUT2D eigenvalue weighted by Gasteiger charge is 2.26. The van der Waals surface area contributed by atoms with Crippen LogP contribution in [0.4, 0.5) is 0 Å². The van der Waals surface area contributed by atoms with E-state index < -0.39 is 5.97 Å². The Bertz CT molecular complexity index is 575. The molecule has 0 spiro atoms. The van der Waals surface area contributed by atoms with Crippen LogP contribution in [0, 0.1) is 0 Å².